The van der Waals surface area contributed by atoms with Gasteiger partial charge in [0.25, 0.3) is 0 Å². The Labute approximate surface area is 146 Å². The molecule has 1 unspecified atom stereocenters. The zero-order valence-corrected chi connectivity index (χ0v) is 13.8. The largest absolute Gasteiger partial charge is 0.366 e. The summed E-state index contributed by atoms with van der Waals surface area (Å²) in [4.78, 5) is 19.5. The maximum absolute atomic E-state index is 11.6. The van der Waals surface area contributed by atoms with Gasteiger partial charge >= 0.3 is 0 Å². The number of nitrogens with one attached hydrogen (secondary N) is 2. The molecule has 5 nitrogen and oxygen atoms in total. The molecule has 0 aliphatic carbocycles. The van der Waals surface area contributed by atoms with Crippen molar-refractivity contribution < 1.29 is 4.79 Å². The van der Waals surface area contributed by atoms with Gasteiger partial charge in [-0.15, -0.1) is 0 Å². The van der Waals surface area contributed by atoms with Crippen molar-refractivity contribution in [2.24, 2.45) is 5.73 Å². The summed E-state index contributed by atoms with van der Waals surface area (Å²) < 4.78 is 0. The van der Waals surface area contributed by atoms with Crippen molar-refractivity contribution in [3.8, 4) is 22.4 Å². The first-order valence-corrected chi connectivity index (χ1v) is 8.41. The van der Waals surface area contributed by atoms with Crippen LogP contribution in [0.3, 0.4) is 0 Å². The van der Waals surface area contributed by atoms with Crippen LogP contribution in [0.25, 0.3) is 22.4 Å². The third-order valence-corrected chi connectivity index (χ3v) is 4.62. The second-order valence-corrected chi connectivity index (χ2v) is 6.24. The number of hydrogen-bond acceptors (Lipinski definition) is 3. The number of carbonyl (C=O) groups excluding carboxylic acids is 1. The molecule has 4 rings (SSSR count). The van der Waals surface area contributed by atoms with Crippen LogP contribution in [0.15, 0.2) is 48.7 Å². The van der Waals surface area contributed by atoms with E-state index in [1.807, 2.05) is 36.5 Å². The highest BCUT2D eigenvalue weighted by Crippen LogP contribution is 2.28. The van der Waals surface area contributed by atoms with E-state index in [9.17, 15) is 4.79 Å². The molecule has 1 amide bonds. The van der Waals surface area contributed by atoms with Gasteiger partial charge in [0, 0.05) is 5.56 Å². The minimum absolute atomic E-state index is 0.326. The smallest absolute Gasteiger partial charge is 0.249 e. The highest BCUT2D eigenvalue weighted by molar-refractivity contribution is 5.99. The van der Waals surface area contributed by atoms with Gasteiger partial charge in [0.2, 0.25) is 5.91 Å². The topological polar surface area (TPSA) is 83.8 Å². The molecule has 0 spiro atoms. The average molecular weight is 331 g/mol. The Kier molecular flexibility index (Phi) is 4.07. The van der Waals surface area contributed by atoms with Crippen LogP contribution in [0.1, 0.15) is 35.1 Å². The van der Waals surface area contributed by atoms with E-state index in [2.05, 4.69) is 21.4 Å². The standard InChI is InChI=1S/C20H19N4O/c21-19(25)16-5-2-1-4-15(16)13-7-9-14(10-8-13)18-12-23-20(24-18)17-6-3-11-22-17/h1,4-5,7-10,12,17,22H,3,6,11H2,(H2,21,25)(H,23,24). The maximum atomic E-state index is 11.6. The van der Waals surface area contributed by atoms with Crippen LogP contribution in [0, 0.1) is 6.07 Å². The van der Waals surface area contributed by atoms with E-state index in [-0.39, 0.29) is 0 Å². The summed E-state index contributed by atoms with van der Waals surface area (Å²) in [5.74, 6) is 0.546. The Morgan fingerprint density at radius 3 is 2.72 bits per heavy atom. The monoisotopic (exact) mass is 331 g/mol. The van der Waals surface area contributed by atoms with Gasteiger partial charge < -0.3 is 16.0 Å². The molecule has 2 aromatic carbocycles. The number of rotatable bonds is 4. The predicted molar refractivity (Wildman–Crippen MR) is 96.8 cm³/mol. The number of aromatic amines is 1. The van der Waals surface area contributed by atoms with Crippen molar-refractivity contribution in [2.45, 2.75) is 18.9 Å². The SMILES string of the molecule is NC(=O)c1c[c]ccc1-c1ccc(-c2cnc(C3CCCN3)[nH]2)cc1. The van der Waals surface area contributed by atoms with Crippen molar-refractivity contribution >= 4 is 5.91 Å². The van der Waals surface area contributed by atoms with E-state index < -0.39 is 5.91 Å². The highest BCUT2D eigenvalue weighted by Gasteiger charge is 2.19. The van der Waals surface area contributed by atoms with E-state index in [0.717, 1.165) is 41.2 Å². The molecule has 2 heterocycles. The summed E-state index contributed by atoms with van der Waals surface area (Å²) in [6.45, 7) is 1.05. The number of carbonyl (C=O) groups is 1. The molecule has 25 heavy (non-hydrogen) atoms. The van der Waals surface area contributed by atoms with Crippen LogP contribution in [-0.4, -0.2) is 22.4 Å². The van der Waals surface area contributed by atoms with Crippen LogP contribution in [0.5, 0.6) is 0 Å². The van der Waals surface area contributed by atoms with Crippen LogP contribution in [0.2, 0.25) is 0 Å². The fourth-order valence-corrected chi connectivity index (χ4v) is 3.29. The number of nitrogens with zero attached hydrogens (tertiary/aromatic N) is 1. The van der Waals surface area contributed by atoms with Gasteiger partial charge in [0.1, 0.15) is 5.82 Å². The summed E-state index contributed by atoms with van der Waals surface area (Å²) in [5, 5.41) is 3.44. The zero-order chi connectivity index (χ0) is 17.2. The van der Waals surface area contributed by atoms with E-state index in [1.165, 1.54) is 6.42 Å². The molecule has 3 aromatic rings. The van der Waals surface area contributed by atoms with Crippen LogP contribution < -0.4 is 11.1 Å². The third kappa shape index (κ3) is 3.06. The Hall–Kier alpha value is -2.92. The van der Waals surface area contributed by atoms with E-state index >= 15 is 0 Å². The molecule has 1 aliphatic heterocycles. The number of hydrogen-bond donors (Lipinski definition) is 3. The molecule has 0 bridgehead atoms. The first-order chi connectivity index (χ1) is 12.2. The van der Waals surface area contributed by atoms with Crippen LogP contribution >= 0.6 is 0 Å². The first kappa shape index (κ1) is 15.6. The van der Waals surface area contributed by atoms with Crippen molar-refractivity contribution in [3.63, 3.8) is 0 Å². The molecule has 1 aromatic heterocycles. The molecule has 1 radical (unpaired) electrons. The molecule has 5 heteroatoms. The number of H-pyrrole nitrogens is 1. The van der Waals surface area contributed by atoms with Gasteiger partial charge in [0.05, 0.1) is 17.9 Å². The Bertz CT molecular complexity index is 892. The fourth-order valence-electron chi connectivity index (χ4n) is 3.29. The molecular weight excluding hydrogens is 312 g/mol. The van der Waals surface area contributed by atoms with Gasteiger partial charge in [-0.1, -0.05) is 36.4 Å². The predicted octanol–water partition coefficient (Wildman–Crippen LogP) is 3.07. The lowest BCUT2D eigenvalue weighted by Crippen LogP contribution is -2.14. The summed E-state index contributed by atoms with van der Waals surface area (Å²) in [6.07, 6.45) is 4.18. The first-order valence-electron chi connectivity index (χ1n) is 8.41. The highest BCUT2D eigenvalue weighted by atomic mass is 16.1. The lowest BCUT2D eigenvalue weighted by molar-refractivity contribution is 0.100. The number of amides is 1. The molecule has 1 atom stereocenters. The Morgan fingerprint density at radius 1 is 1.20 bits per heavy atom. The summed E-state index contributed by atoms with van der Waals surface area (Å²) >= 11 is 0. The fraction of sp³-hybridized carbons (Fsp3) is 0.200. The number of imidazole rings is 1. The molecular formula is C20H19N4O. The summed E-state index contributed by atoms with van der Waals surface area (Å²) in [7, 11) is 0. The van der Waals surface area contributed by atoms with Crippen LogP contribution in [0.4, 0.5) is 0 Å². The average Bonchev–Trinajstić information content (AvgIpc) is 3.33. The third-order valence-electron chi connectivity index (χ3n) is 4.62. The Balaban J connectivity index is 1.61. The van der Waals surface area contributed by atoms with Crippen molar-refractivity contribution in [3.05, 3.63) is 66.1 Å². The molecule has 1 saturated heterocycles. The zero-order valence-electron chi connectivity index (χ0n) is 13.8. The lowest BCUT2D eigenvalue weighted by atomic mass is 9.98. The molecule has 1 fully saturated rings. The van der Waals surface area contributed by atoms with E-state index in [0.29, 0.717) is 11.6 Å². The van der Waals surface area contributed by atoms with Gasteiger partial charge in [-0.2, -0.15) is 0 Å². The number of aromatic nitrogens is 2. The van der Waals surface area contributed by atoms with E-state index in [1.54, 1.807) is 12.1 Å². The van der Waals surface area contributed by atoms with Crippen molar-refractivity contribution in [2.75, 3.05) is 6.54 Å². The normalized spacial score (nSPS) is 16.9. The molecule has 125 valence electrons. The molecule has 0 saturated carbocycles. The van der Waals surface area contributed by atoms with Gasteiger partial charge in [-0.25, -0.2) is 4.98 Å². The number of benzene rings is 2. The van der Waals surface area contributed by atoms with Gasteiger partial charge in [-0.05, 0) is 48.2 Å². The van der Waals surface area contributed by atoms with Crippen molar-refractivity contribution in [1.29, 1.82) is 0 Å². The van der Waals surface area contributed by atoms with Gasteiger partial charge in [-0.3, -0.25) is 4.79 Å². The van der Waals surface area contributed by atoms with Crippen LogP contribution in [-0.2, 0) is 0 Å². The molecule has 4 N–H and O–H groups in total. The van der Waals surface area contributed by atoms with E-state index in [4.69, 9.17) is 5.73 Å². The second-order valence-electron chi connectivity index (χ2n) is 6.24. The van der Waals surface area contributed by atoms with Gasteiger partial charge in [0.15, 0.2) is 0 Å². The summed E-state index contributed by atoms with van der Waals surface area (Å²) in [6, 6.07) is 16.5. The number of primary amides is 1. The quantitative estimate of drug-likeness (QED) is 0.687. The Morgan fingerprint density at radius 2 is 2.00 bits per heavy atom. The number of nitrogens with two attached hydrogens (primary N) is 1. The summed E-state index contributed by atoms with van der Waals surface area (Å²) in [5.41, 5.74) is 9.75. The minimum atomic E-state index is -0.446. The lowest BCUT2D eigenvalue weighted by Gasteiger charge is -2.08. The van der Waals surface area contributed by atoms with Crippen molar-refractivity contribution in [1.82, 2.24) is 15.3 Å². The molecule has 1 aliphatic rings. The minimum Gasteiger partial charge on any atom is -0.366 e. The second kappa shape index (κ2) is 6.53. The maximum Gasteiger partial charge on any atom is 0.249 e.